The van der Waals surface area contributed by atoms with Gasteiger partial charge in [0.15, 0.2) is 0 Å². The molecule has 1 aliphatic heterocycles. The van der Waals surface area contributed by atoms with Crippen molar-refractivity contribution in [1.82, 2.24) is 10.2 Å². The highest BCUT2D eigenvalue weighted by atomic mass is 19.4. The lowest BCUT2D eigenvalue weighted by Crippen LogP contribution is -2.51. The molecule has 2 amide bonds. The van der Waals surface area contributed by atoms with E-state index in [1.54, 1.807) is 4.90 Å². The number of halogens is 3. The zero-order chi connectivity index (χ0) is 19.0. The van der Waals surface area contributed by atoms with Crippen LogP contribution in [0.15, 0.2) is 30.3 Å². The molecule has 144 valence electrons. The van der Waals surface area contributed by atoms with Gasteiger partial charge in [-0.3, -0.25) is 9.59 Å². The molecular weight excluding hydrogens is 351 g/mol. The molecule has 1 saturated heterocycles. The maximum absolute atomic E-state index is 12.1. The fraction of sp³-hybridized carbons (Fsp3) is 0.529. The summed E-state index contributed by atoms with van der Waals surface area (Å²) >= 11 is 0. The number of hydrogen-bond acceptors (Lipinski definition) is 4. The maximum atomic E-state index is 12.1. The lowest BCUT2D eigenvalue weighted by atomic mass is 10.2. The van der Waals surface area contributed by atoms with E-state index in [2.05, 4.69) is 15.0 Å². The van der Waals surface area contributed by atoms with Crippen LogP contribution in [0.2, 0.25) is 0 Å². The summed E-state index contributed by atoms with van der Waals surface area (Å²) < 4.78 is 40.0. The Morgan fingerprint density at radius 2 is 1.73 bits per heavy atom. The van der Waals surface area contributed by atoms with Gasteiger partial charge in [-0.15, -0.1) is 0 Å². The fourth-order valence-electron chi connectivity index (χ4n) is 2.58. The Morgan fingerprint density at radius 3 is 2.35 bits per heavy atom. The number of nitrogens with one attached hydrogen (secondary N) is 1. The summed E-state index contributed by atoms with van der Waals surface area (Å²) in [6.45, 7) is 0.629. The van der Waals surface area contributed by atoms with Crippen molar-refractivity contribution in [2.45, 2.75) is 12.6 Å². The van der Waals surface area contributed by atoms with Gasteiger partial charge < -0.3 is 19.9 Å². The molecule has 2 rings (SSSR count). The second-order valence-corrected chi connectivity index (χ2v) is 5.90. The van der Waals surface area contributed by atoms with E-state index in [0.717, 1.165) is 5.69 Å². The van der Waals surface area contributed by atoms with Gasteiger partial charge in [0, 0.05) is 38.3 Å². The van der Waals surface area contributed by atoms with Crippen molar-refractivity contribution in [3.63, 3.8) is 0 Å². The van der Waals surface area contributed by atoms with E-state index in [1.165, 1.54) is 0 Å². The van der Waals surface area contributed by atoms with Crippen molar-refractivity contribution >= 4 is 17.5 Å². The summed E-state index contributed by atoms with van der Waals surface area (Å²) in [7, 11) is 0. The zero-order valence-corrected chi connectivity index (χ0v) is 14.3. The van der Waals surface area contributed by atoms with Crippen molar-refractivity contribution in [3.8, 4) is 0 Å². The SMILES string of the molecule is O=C(CCOCC(F)(F)F)NCC(=O)N1CCN(c2ccccc2)CC1. The van der Waals surface area contributed by atoms with Crippen LogP contribution in [-0.4, -0.2) is 68.8 Å². The molecule has 9 heteroatoms. The van der Waals surface area contributed by atoms with E-state index in [4.69, 9.17) is 0 Å². The van der Waals surface area contributed by atoms with Crippen LogP contribution >= 0.6 is 0 Å². The van der Waals surface area contributed by atoms with Crippen LogP contribution in [0.4, 0.5) is 18.9 Å². The molecule has 1 N–H and O–H groups in total. The molecule has 0 spiro atoms. The van der Waals surface area contributed by atoms with Gasteiger partial charge in [0.1, 0.15) is 6.61 Å². The minimum atomic E-state index is -4.41. The molecule has 0 aromatic heterocycles. The molecule has 1 aromatic carbocycles. The summed E-state index contributed by atoms with van der Waals surface area (Å²) in [4.78, 5) is 27.5. The first kappa shape index (κ1) is 20.0. The number of hydrogen-bond donors (Lipinski definition) is 1. The van der Waals surface area contributed by atoms with Crippen molar-refractivity contribution < 1.29 is 27.5 Å². The van der Waals surface area contributed by atoms with E-state index < -0.39 is 18.7 Å². The van der Waals surface area contributed by atoms with Gasteiger partial charge in [0.05, 0.1) is 13.2 Å². The molecule has 0 bridgehead atoms. The van der Waals surface area contributed by atoms with E-state index in [0.29, 0.717) is 26.2 Å². The standard InChI is InChI=1S/C17H22F3N3O3/c18-17(19,20)13-26-11-6-15(24)21-12-16(25)23-9-7-22(8-10-23)14-4-2-1-3-5-14/h1-5H,6-13H2,(H,21,24). The minimum absolute atomic E-state index is 0.163. The Bertz CT molecular complexity index is 588. The molecule has 1 heterocycles. The van der Waals surface area contributed by atoms with Gasteiger partial charge in [-0.2, -0.15) is 13.2 Å². The number of anilines is 1. The number of nitrogens with zero attached hydrogens (tertiary/aromatic N) is 2. The van der Waals surface area contributed by atoms with Gasteiger partial charge >= 0.3 is 6.18 Å². The van der Waals surface area contributed by atoms with Crippen LogP contribution in [-0.2, 0) is 14.3 Å². The molecule has 1 fully saturated rings. The second kappa shape index (κ2) is 9.42. The van der Waals surface area contributed by atoms with Crippen LogP contribution in [0.3, 0.4) is 0 Å². The molecule has 0 aliphatic carbocycles. The van der Waals surface area contributed by atoms with Crippen LogP contribution in [0, 0.1) is 0 Å². The Kier molecular flexibility index (Phi) is 7.26. The Morgan fingerprint density at radius 1 is 1.08 bits per heavy atom. The topological polar surface area (TPSA) is 61.9 Å². The predicted molar refractivity (Wildman–Crippen MR) is 89.7 cm³/mol. The van der Waals surface area contributed by atoms with Crippen molar-refractivity contribution in [3.05, 3.63) is 30.3 Å². The number of benzene rings is 1. The van der Waals surface area contributed by atoms with Crippen LogP contribution in [0.5, 0.6) is 0 Å². The van der Waals surface area contributed by atoms with Crippen molar-refractivity contribution in [2.75, 3.05) is 50.8 Å². The molecule has 26 heavy (non-hydrogen) atoms. The molecule has 0 atom stereocenters. The summed E-state index contributed by atoms with van der Waals surface area (Å²) in [5.74, 6) is -0.717. The first-order valence-corrected chi connectivity index (χ1v) is 8.34. The number of ether oxygens (including phenoxy) is 1. The summed E-state index contributed by atoms with van der Waals surface area (Å²) in [6, 6.07) is 9.89. The highest BCUT2D eigenvalue weighted by Gasteiger charge is 2.27. The van der Waals surface area contributed by atoms with E-state index in [-0.39, 0.29) is 25.5 Å². The van der Waals surface area contributed by atoms with Crippen molar-refractivity contribution in [2.24, 2.45) is 0 Å². The lowest BCUT2D eigenvalue weighted by molar-refractivity contribution is -0.174. The number of rotatable bonds is 7. The van der Waals surface area contributed by atoms with Crippen LogP contribution in [0.1, 0.15) is 6.42 Å². The smallest absolute Gasteiger partial charge is 0.372 e. The highest BCUT2D eigenvalue weighted by Crippen LogP contribution is 2.15. The van der Waals surface area contributed by atoms with Gasteiger partial charge in [0.25, 0.3) is 0 Å². The summed E-state index contributed by atoms with van der Waals surface area (Å²) in [5.41, 5.74) is 1.10. The zero-order valence-electron chi connectivity index (χ0n) is 14.3. The number of para-hydroxylation sites is 1. The first-order valence-electron chi connectivity index (χ1n) is 8.34. The second-order valence-electron chi connectivity index (χ2n) is 5.90. The van der Waals surface area contributed by atoms with E-state index >= 15 is 0 Å². The van der Waals surface area contributed by atoms with Gasteiger partial charge in [-0.1, -0.05) is 18.2 Å². The average molecular weight is 373 g/mol. The van der Waals surface area contributed by atoms with Crippen LogP contribution in [0.25, 0.3) is 0 Å². The molecule has 1 aromatic rings. The third-order valence-corrected chi connectivity index (χ3v) is 3.93. The Balaban J connectivity index is 1.62. The Labute approximate surface area is 149 Å². The normalized spacial score (nSPS) is 15.0. The third kappa shape index (κ3) is 6.91. The quantitative estimate of drug-likeness (QED) is 0.735. The molecule has 1 aliphatic rings. The number of carbonyl (C=O) groups excluding carboxylic acids is 2. The monoisotopic (exact) mass is 373 g/mol. The minimum Gasteiger partial charge on any atom is -0.372 e. The van der Waals surface area contributed by atoms with Gasteiger partial charge in [0.2, 0.25) is 11.8 Å². The van der Waals surface area contributed by atoms with Crippen molar-refractivity contribution in [1.29, 1.82) is 0 Å². The summed E-state index contributed by atoms with van der Waals surface area (Å²) in [6.07, 6.45) is -4.63. The molecule has 0 saturated carbocycles. The number of carbonyl (C=O) groups is 2. The van der Waals surface area contributed by atoms with Gasteiger partial charge in [-0.25, -0.2) is 0 Å². The molecule has 6 nitrogen and oxygen atoms in total. The molecule has 0 radical (unpaired) electrons. The maximum Gasteiger partial charge on any atom is 0.411 e. The van der Waals surface area contributed by atoms with E-state index in [9.17, 15) is 22.8 Å². The first-order chi connectivity index (χ1) is 12.3. The Hall–Kier alpha value is -2.29. The lowest BCUT2D eigenvalue weighted by Gasteiger charge is -2.36. The van der Waals surface area contributed by atoms with Gasteiger partial charge in [-0.05, 0) is 12.1 Å². The molecule has 0 unspecified atom stereocenters. The number of piperazine rings is 1. The van der Waals surface area contributed by atoms with Crippen LogP contribution < -0.4 is 10.2 Å². The van der Waals surface area contributed by atoms with E-state index in [1.807, 2.05) is 30.3 Å². The largest absolute Gasteiger partial charge is 0.411 e. The average Bonchev–Trinajstić information content (AvgIpc) is 2.63. The fourth-order valence-corrected chi connectivity index (χ4v) is 2.58. The number of alkyl halides is 3. The molecular formula is C17H22F3N3O3. The number of amides is 2. The third-order valence-electron chi connectivity index (χ3n) is 3.93. The highest BCUT2D eigenvalue weighted by molar-refractivity contribution is 5.84. The predicted octanol–water partition coefficient (Wildman–Crippen LogP) is 1.42. The summed E-state index contributed by atoms with van der Waals surface area (Å²) in [5, 5.41) is 2.42.